The Morgan fingerprint density at radius 2 is 1.68 bits per heavy atom. The molecule has 0 saturated heterocycles. The van der Waals surface area contributed by atoms with E-state index in [4.69, 9.17) is 9.72 Å². The highest BCUT2D eigenvalue weighted by Gasteiger charge is 2.21. The van der Waals surface area contributed by atoms with Crippen LogP contribution in [0.25, 0.3) is 33.5 Å². The summed E-state index contributed by atoms with van der Waals surface area (Å²) in [7, 11) is 0. The van der Waals surface area contributed by atoms with Crippen molar-refractivity contribution in [1.82, 2.24) is 40.4 Å². The first-order valence-corrected chi connectivity index (χ1v) is 13.3. The predicted molar refractivity (Wildman–Crippen MR) is 152 cm³/mol. The van der Waals surface area contributed by atoms with Crippen molar-refractivity contribution in [3.63, 3.8) is 0 Å². The molecule has 0 atom stereocenters. The number of fused-ring (bicyclic) bond motifs is 1. The van der Waals surface area contributed by atoms with Gasteiger partial charge in [-0.15, -0.1) is 15.3 Å². The third-order valence-electron chi connectivity index (χ3n) is 6.80. The summed E-state index contributed by atoms with van der Waals surface area (Å²) in [5.74, 6) is 0.641. The van der Waals surface area contributed by atoms with Crippen molar-refractivity contribution >= 4 is 17.0 Å². The second-order valence-electron chi connectivity index (χ2n) is 9.51. The summed E-state index contributed by atoms with van der Waals surface area (Å²) < 4.78 is 7.47. The van der Waals surface area contributed by atoms with E-state index in [9.17, 15) is 9.59 Å². The van der Waals surface area contributed by atoms with Crippen LogP contribution in [0.5, 0.6) is 5.88 Å². The zero-order valence-corrected chi connectivity index (χ0v) is 22.2. The molecule has 41 heavy (non-hydrogen) atoms. The molecule has 0 spiro atoms. The fourth-order valence-corrected chi connectivity index (χ4v) is 4.75. The minimum Gasteiger partial charge on any atom is -0.400 e. The predicted octanol–water partition coefficient (Wildman–Crippen LogP) is 4.58. The highest BCUT2D eigenvalue weighted by Crippen LogP contribution is 2.30. The van der Waals surface area contributed by atoms with Crippen LogP contribution in [0.15, 0.2) is 83.7 Å². The number of benzene rings is 3. The van der Waals surface area contributed by atoms with E-state index in [0.29, 0.717) is 29.9 Å². The van der Waals surface area contributed by atoms with Crippen LogP contribution >= 0.6 is 0 Å². The number of unbranched alkanes of at least 4 members (excludes halogenated alkanes) is 1. The van der Waals surface area contributed by atoms with Crippen molar-refractivity contribution in [2.45, 2.75) is 32.7 Å². The van der Waals surface area contributed by atoms with Crippen LogP contribution in [0.3, 0.4) is 0 Å². The van der Waals surface area contributed by atoms with Gasteiger partial charge in [0.25, 0.3) is 11.4 Å². The number of aromatic amines is 2. The monoisotopic (exact) mass is 546 g/mol. The number of imidazole rings is 1. The summed E-state index contributed by atoms with van der Waals surface area (Å²) in [4.78, 5) is 30.5. The molecule has 0 aliphatic rings. The summed E-state index contributed by atoms with van der Waals surface area (Å²) in [6.45, 7) is 2.50. The van der Waals surface area contributed by atoms with Gasteiger partial charge < -0.3 is 9.30 Å². The Hall–Kier alpha value is -5.45. The fraction of sp³-hybridized carbons (Fsp3) is 0.167. The Labute approximate surface area is 234 Å². The van der Waals surface area contributed by atoms with Crippen LogP contribution in [0.2, 0.25) is 0 Å². The number of aromatic nitrogens is 8. The van der Waals surface area contributed by atoms with E-state index in [1.54, 1.807) is 24.3 Å². The summed E-state index contributed by atoms with van der Waals surface area (Å²) in [6, 6.07) is 24.6. The van der Waals surface area contributed by atoms with Gasteiger partial charge in [-0.2, -0.15) is 5.21 Å². The molecule has 0 aliphatic heterocycles. The first kappa shape index (κ1) is 25.8. The standard InChI is InChI=1S/C30H26N8O3/c1-2-3-13-24-31-25-26(28(39)34-35-29(25)41-30(40)21-9-5-4-6-10-21)38(24)18-19-14-16-20(17-15-19)22-11-7-8-12-23(22)27-32-36-37-33-27/h4-12,14-17H,2-3,13,18H2,1H3,(H,34,39)(H,32,33,36,37). The zero-order chi connectivity index (χ0) is 28.2. The highest BCUT2D eigenvalue weighted by atomic mass is 16.5. The van der Waals surface area contributed by atoms with Crippen LogP contribution in [-0.4, -0.2) is 46.3 Å². The maximum absolute atomic E-state index is 13.0. The Balaban J connectivity index is 1.35. The average molecular weight is 547 g/mol. The number of ether oxygens (including phenoxy) is 1. The zero-order valence-electron chi connectivity index (χ0n) is 22.2. The molecule has 0 fully saturated rings. The lowest BCUT2D eigenvalue weighted by Gasteiger charge is -2.11. The highest BCUT2D eigenvalue weighted by molar-refractivity contribution is 5.93. The molecule has 0 unspecified atom stereocenters. The molecule has 3 heterocycles. The number of hydrogen-bond acceptors (Lipinski definition) is 8. The quantitative estimate of drug-likeness (QED) is 0.251. The lowest BCUT2D eigenvalue weighted by Crippen LogP contribution is -2.17. The van der Waals surface area contributed by atoms with Crippen molar-refractivity contribution in [3.05, 3.63) is 106 Å². The number of carbonyl (C=O) groups excluding carboxylic acids is 1. The largest absolute Gasteiger partial charge is 0.400 e. The van der Waals surface area contributed by atoms with Crippen molar-refractivity contribution in [3.8, 4) is 28.4 Å². The first-order chi connectivity index (χ1) is 20.1. The van der Waals surface area contributed by atoms with Gasteiger partial charge in [0.15, 0.2) is 5.52 Å². The van der Waals surface area contributed by atoms with Crippen molar-refractivity contribution in [1.29, 1.82) is 0 Å². The number of hydrogen-bond donors (Lipinski definition) is 2. The molecule has 0 radical (unpaired) electrons. The molecular weight excluding hydrogens is 520 g/mol. The van der Waals surface area contributed by atoms with Gasteiger partial charge in [-0.3, -0.25) is 4.79 Å². The lowest BCUT2D eigenvalue weighted by molar-refractivity contribution is 0.0728. The Morgan fingerprint density at radius 3 is 2.41 bits per heavy atom. The van der Waals surface area contributed by atoms with Crippen molar-refractivity contribution in [2.75, 3.05) is 0 Å². The Kier molecular flexibility index (Phi) is 7.14. The molecular formula is C30H26N8O3. The fourth-order valence-electron chi connectivity index (χ4n) is 4.75. The molecule has 0 saturated carbocycles. The normalized spacial score (nSPS) is 11.1. The van der Waals surface area contributed by atoms with Crippen molar-refractivity contribution < 1.29 is 9.53 Å². The second-order valence-corrected chi connectivity index (χ2v) is 9.51. The smallest absolute Gasteiger partial charge is 0.344 e. The molecule has 11 heteroatoms. The van der Waals surface area contributed by atoms with Crippen LogP contribution in [0.1, 0.15) is 41.5 Å². The third kappa shape index (κ3) is 5.24. The first-order valence-electron chi connectivity index (χ1n) is 13.3. The number of H-pyrrole nitrogens is 2. The number of aryl methyl sites for hydroxylation is 1. The number of esters is 1. The van der Waals surface area contributed by atoms with Crippen LogP contribution < -0.4 is 10.3 Å². The molecule has 3 aromatic heterocycles. The number of rotatable bonds is 9. The number of nitrogens with zero attached hydrogens (tertiary/aromatic N) is 6. The molecule has 11 nitrogen and oxygen atoms in total. The molecule has 204 valence electrons. The SMILES string of the molecule is CCCCc1nc2c(OC(=O)c3ccccc3)n[nH]c(=O)c2n1Cc1ccc(-c2ccccc2-c2nn[nH]n2)cc1. The van der Waals surface area contributed by atoms with E-state index < -0.39 is 11.5 Å². The minimum absolute atomic E-state index is 0.0293. The molecule has 3 aromatic carbocycles. The van der Waals surface area contributed by atoms with E-state index in [2.05, 4.69) is 37.7 Å². The van der Waals surface area contributed by atoms with Crippen LogP contribution in [0.4, 0.5) is 0 Å². The van der Waals surface area contributed by atoms with Gasteiger partial charge in [0.2, 0.25) is 5.82 Å². The van der Waals surface area contributed by atoms with Gasteiger partial charge in [0.05, 0.1) is 5.56 Å². The topological polar surface area (TPSA) is 144 Å². The minimum atomic E-state index is -0.576. The Bertz CT molecular complexity index is 1860. The molecule has 0 bridgehead atoms. The molecule has 0 aliphatic carbocycles. The number of carbonyl (C=O) groups is 1. The van der Waals surface area contributed by atoms with E-state index in [1.807, 2.05) is 59.2 Å². The van der Waals surface area contributed by atoms with Crippen LogP contribution in [-0.2, 0) is 13.0 Å². The Morgan fingerprint density at radius 1 is 0.927 bits per heavy atom. The van der Waals surface area contributed by atoms with Gasteiger partial charge in [0.1, 0.15) is 11.3 Å². The summed E-state index contributed by atoms with van der Waals surface area (Å²) >= 11 is 0. The molecule has 0 amide bonds. The van der Waals surface area contributed by atoms with E-state index in [0.717, 1.165) is 40.9 Å². The lowest BCUT2D eigenvalue weighted by atomic mass is 9.98. The third-order valence-corrected chi connectivity index (χ3v) is 6.80. The number of tetrazole rings is 1. The van der Waals surface area contributed by atoms with Crippen molar-refractivity contribution in [2.24, 2.45) is 0 Å². The molecule has 2 N–H and O–H groups in total. The van der Waals surface area contributed by atoms with Gasteiger partial charge in [0, 0.05) is 18.5 Å². The van der Waals surface area contributed by atoms with Gasteiger partial charge in [-0.05, 0) is 40.5 Å². The van der Waals surface area contributed by atoms with E-state index in [-0.39, 0.29) is 11.4 Å². The van der Waals surface area contributed by atoms with E-state index >= 15 is 0 Å². The second kappa shape index (κ2) is 11.3. The summed E-state index contributed by atoms with van der Waals surface area (Å²) in [5, 5.41) is 20.9. The summed E-state index contributed by atoms with van der Waals surface area (Å²) in [5.41, 5.74) is 4.36. The average Bonchev–Trinajstić information content (AvgIpc) is 3.68. The maximum Gasteiger partial charge on any atom is 0.344 e. The number of nitrogens with one attached hydrogen (secondary N) is 2. The van der Waals surface area contributed by atoms with Gasteiger partial charge in [-0.1, -0.05) is 80.1 Å². The van der Waals surface area contributed by atoms with E-state index in [1.165, 1.54) is 0 Å². The van der Waals surface area contributed by atoms with Gasteiger partial charge >= 0.3 is 5.97 Å². The molecule has 6 aromatic rings. The van der Waals surface area contributed by atoms with Crippen LogP contribution in [0, 0.1) is 0 Å². The maximum atomic E-state index is 13.0. The molecule has 6 rings (SSSR count). The van der Waals surface area contributed by atoms with Gasteiger partial charge in [-0.25, -0.2) is 14.9 Å². The summed E-state index contributed by atoms with van der Waals surface area (Å²) in [6.07, 6.45) is 2.51.